The molecule has 0 unspecified atom stereocenters. The Morgan fingerprint density at radius 3 is 2.26 bits per heavy atom. The van der Waals surface area contributed by atoms with E-state index in [-0.39, 0.29) is 12.4 Å². The normalized spacial score (nSPS) is 10.6. The lowest BCUT2D eigenvalue weighted by Gasteiger charge is -2.20. The van der Waals surface area contributed by atoms with Crippen molar-refractivity contribution in [1.82, 2.24) is 0 Å². The summed E-state index contributed by atoms with van der Waals surface area (Å²) < 4.78 is 3.65. The standard InChI is InChI=1S/C19H23N2S.ClH/c1-5-21(6-2)16-10-8-15(9-11-16)19-20(4)17-12-7-14(3)13-18(17)22-19;/h7-13H,5-6H2,1-4H3;1H/q+1;/p-1. The summed E-state index contributed by atoms with van der Waals surface area (Å²) in [6, 6.07) is 15.6. The molecule has 2 nitrogen and oxygen atoms in total. The first-order valence-electron chi connectivity index (χ1n) is 7.88. The van der Waals surface area contributed by atoms with Gasteiger partial charge >= 0.3 is 0 Å². The molecule has 0 bridgehead atoms. The molecule has 0 saturated carbocycles. The van der Waals surface area contributed by atoms with E-state index in [1.165, 1.54) is 32.0 Å². The zero-order valence-electron chi connectivity index (χ0n) is 14.1. The molecular weight excluding hydrogens is 324 g/mol. The second kappa shape index (κ2) is 7.33. The summed E-state index contributed by atoms with van der Waals surface area (Å²) in [5.74, 6) is 0. The highest BCUT2D eigenvalue weighted by atomic mass is 35.5. The van der Waals surface area contributed by atoms with Gasteiger partial charge in [-0.2, -0.15) is 4.57 Å². The third-order valence-corrected chi connectivity index (χ3v) is 5.48. The summed E-state index contributed by atoms with van der Waals surface area (Å²) in [7, 11) is 2.15. The van der Waals surface area contributed by atoms with Gasteiger partial charge in [-0.3, -0.25) is 0 Å². The van der Waals surface area contributed by atoms with Crippen LogP contribution in [-0.4, -0.2) is 13.1 Å². The number of thiazole rings is 1. The number of halogens is 1. The monoisotopic (exact) mass is 346 g/mol. The molecule has 0 atom stereocenters. The van der Waals surface area contributed by atoms with Crippen molar-refractivity contribution in [2.45, 2.75) is 20.8 Å². The van der Waals surface area contributed by atoms with Crippen molar-refractivity contribution in [2.75, 3.05) is 18.0 Å². The fourth-order valence-electron chi connectivity index (χ4n) is 2.92. The minimum Gasteiger partial charge on any atom is -1.00 e. The average Bonchev–Trinajstić information content (AvgIpc) is 2.85. The molecule has 0 aliphatic carbocycles. The summed E-state index contributed by atoms with van der Waals surface area (Å²) in [5, 5.41) is 1.31. The summed E-state index contributed by atoms with van der Waals surface area (Å²) in [6.45, 7) is 8.65. The zero-order valence-corrected chi connectivity index (χ0v) is 15.7. The van der Waals surface area contributed by atoms with Crippen LogP contribution in [0.15, 0.2) is 42.5 Å². The van der Waals surface area contributed by atoms with Crippen molar-refractivity contribution in [3.63, 3.8) is 0 Å². The van der Waals surface area contributed by atoms with E-state index in [0.717, 1.165) is 13.1 Å². The van der Waals surface area contributed by atoms with Crippen LogP contribution >= 0.6 is 11.3 Å². The minimum atomic E-state index is 0. The lowest BCUT2D eigenvalue weighted by atomic mass is 10.2. The van der Waals surface area contributed by atoms with Gasteiger partial charge < -0.3 is 17.3 Å². The Morgan fingerprint density at radius 1 is 1.00 bits per heavy atom. The van der Waals surface area contributed by atoms with E-state index in [9.17, 15) is 0 Å². The average molecular weight is 347 g/mol. The van der Waals surface area contributed by atoms with Crippen LogP contribution in [0.4, 0.5) is 5.69 Å². The number of rotatable bonds is 4. The van der Waals surface area contributed by atoms with Gasteiger partial charge in [-0.1, -0.05) is 17.4 Å². The fraction of sp³-hybridized carbons (Fsp3) is 0.316. The minimum absolute atomic E-state index is 0. The molecule has 3 aromatic rings. The number of aryl methyl sites for hydroxylation is 2. The van der Waals surface area contributed by atoms with E-state index in [0.29, 0.717) is 0 Å². The van der Waals surface area contributed by atoms with E-state index in [1.807, 2.05) is 11.3 Å². The Hall–Kier alpha value is -1.58. The number of hydrogen-bond acceptors (Lipinski definition) is 2. The Balaban J connectivity index is 0.00000192. The van der Waals surface area contributed by atoms with E-state index < -0.39 is 0 Å². The third-order valence-electron chi connectivity index (χ3n) is 4.23. The largest absolute Gasteiger partial charge is 1.00 e. The Labute approximate surface area is 148 Å². The van der Waals surface area contributed by atoms with Gasteiger partial charge in [0.25, 0.3) is 5.01 Å². The van der Waals surface area contributed by atoms with E-state index in [1.54, 1.807) is 0 Å². The molecule has 2 aromatic carbocycles. The Kier molecular flexibility index (Phi) is 5.66. The molecule has 3 rings (SSSR count). The van der Waals surface area contributed by atoms with Gasteiger partial charge in [-0.25, -0.2) is 0 Å². The predicted molar refractivity (Wildman–Crippen MR) is 96.7 cm³/mol. The van der Waals surface area contributed by atoms with Gasteiger partial charge in [0.05, 0.1) is 5.56 Å². The first kappa shape index (κ1) is 17.8. The third kappa shape index (κ3) is 3.36. The van der Waals surface area contributed by atoms with E-state index in [4.69, 9.17) is 0 Å². The lowest BCUT2D eigenvalue weighted by molar-refractivity contribution is -0.629. The summed E-state index contributed by atoms with van der Waals surface area (Å²) in [4.78, 5) is 2.37. The molecule has 0 aliphatic heterocycles. The number of hydrogen-bond donors (Lipinski definition) is 0. The number of aromatic nitrogens is 1. The van der Waals surface area contributed by atoms with Gasteiger partial charge in [0.1, 0.15) is 11.7 Å². The molecule has 122 valence electrons. The van der Waals surface area contributed by atoms with Crippen molar-refractivity contribution in [2.24, 2.45) is 7.05 Å². The number of benzene rings is 2. The maximum absolute atomic E-state index is 2.37. The van der Waals surface area contributed by atoms with Crippen LogP contribution < -0.4 is 21.9 Å². The first-order valence-corrected chi connectivity index (χ1v) is 8.70. The summed E-state index contributed by atoms with van der Waals surface area (Å²) >= 11 is 1.87. The number of fused-ring (bicyclic) bond motifs is 1. The highest BCUT2D eigenvalue weighted by Gasteiger charge is 2.18. The molecular formula is C19H23ClN2S. The molecule has 0 N–H and O–H groups in total. The maximum Gasteiger partial charge on any atom is 0.269 e. The topological polar surface area (TPSA) is 7.12 Å². The maximum atomic E-state index is 2.37. The van der Waals surface area contributed by atoms with Crippen LogP contribution in [0, 0.1) is 6.92 Å². The van der Waals surface area contributed by atoms with Crippen molar-refractivity contribution >= 4 is 27.2 Å². The molecule has 1 heterocycles. The van der Waals surface area contributed by atoms with Crippen LogP contribution in [0.3, 0.4) is 0 Å². The van der Waals surface area contributed by atoms with Gasteiger partial charge in [0, 0.05) is 24.8 Å². The Morgan fingerprint density at radius 2 is 1.65 bits per heavy atom. The molecule has 23 heavy (non-hydrogen) atoms. The SMILES string of the molecule is CCN(CC)c1ccc(-c2sc3cc(C)ccc3[n+]2C)cc1.[Cl-]. The van der Waals surface area contributed by atoms with E-state index >= 15 is 0 Å². The number of nitrogens with zero attached hydrogens (tertiary/aromatic N) is 2. The van der Waals surface area contributed by atoms with Crippen LogP contribution in [0.5, 0.6) is 0 Å². The molecule has 0 fully saturated rings. The van der Waals surface area contributed by atoms with Crippen molar-refractivity contribution in [1.29, 1.82) is 0 Å². The zero-order chi connectivity index (χ0) is 15.7. The van der Waals surface area contributed by atoms with Gasteiger partial charge in [0.2, 0.25) is 5.52 Å². The molecule has 1 aromatic heterocycles. The molecule has 0 saturated heterocycles. The lowest BCUT2D eigenvalue weighted by Crippen LogP contribution is -3.00. The molecule has 0 aliphatic rings. The molecule has 4 heteroatoms. The highest BCUT2D eigenvalue weighted by Crippen LogP contribution is 2.30. The smallest absolute Gasteiger partial charge is 0.269 e. The molecule has 0 amide bonds. The van der Waals surface area contributed by atoms with Gasteiger partial charge in [-0.15, -0.1) is 0 Å². The van der Waals surface area contributed by atoms with Crippen LogP contribution in [0.25, 0.3) is 20.8 Å². The highest BCUT2D eigenvalue weighted by molar-refractivity contribution is 7.21. The van der Waals surface area contributed by atoms with Crippen molar-refractivity contribution in [3.8, 4) is 10.6 Å². The van der Waals surface area contributed by atoms with Gasteiger partial charge in [-0.05, 0) is 56.7 Å². The van der Waals surface area contributed by atoms with Crippen molar-refractivity contribution in [3.05, 3.63) is 48.0 Å². The number of anilines is 1. The fourth-order valence-corrected chi connectivity index (χ4v) is 4.17. The molecule has 0 spiro atoms. The quantitative estimate of drug-likeness (QED) is 0.650. The second-order valence-corrected chi connectivity index (χ2v) is 6.69. The van der Waals surface area contributed by atoms with E-state index in [2.05, 4.69) is 79.8 Å². The Bertz CT molecular complexity index is 789. The second-order valence-electron chi connectivity index (χ2n) is 5.66. The van der Waals surface area contributed by atoms with Crippen molar-refractivity contribution < 1.29 is 17.0 Å². The summed E-state index contributed by atoms with van der Waals surface area (Å²) in [5.41, 5.74) is 5.21. The van der Waals surface area contributed by atoms with Crippen LogP contribution in [0.1, 0.15) is 19.4 Å². The van der Waals surface area contributed by atoms with Crippen LogP contribution in [0.2, 0.25) is 0 Å². The van der Waals surface area contributed by atoms with Gasteiger partial charge in [0.15, 0.2) is 0 Å². The molecule has 0 radical (unpaired) electrons. The predicted octanol–water partition coefficient (Wildman–Crippen LogP) is 1.55. The summed E-state index contributed by atoms with van der Waals surface area (Å²) in [6.07, 6.45) is 0. The van der Waals surface area contributed by atoms with Crippen LogP contribution in [-0.2, 0) is 7.05 Å². The first-order chi connectivity index (χ1) is 10.6.